The predicted molar refractivity (Wildman–Crippen MR) is 133 cm³/mol. The molecule has 0 bridgehead atoms. The van der Waals surface area contributed by atoms with Crippen LogP contribution >= 0.6 is 23.7 Å². The number of fused-ring (bicyclic) bond motifs is 1. The summed E-state index contributed by atoms with van der Waals surface area (Å²) in [6.07, 6.45) is 9.72. The van der Waals surface area contributed by atoms with Crippen molar-refractivity contribution in [2.45, 2.75) is 19.9 Å². The molecule has 2 aromatic carbocycles. The lowest BCUT2D eigenvalue weighted by atomic mass is 10.2. The molecule has 0 atom stereocenters. The highest BCUT2D eigenvalue weighted by Crippen LogP contribution is 2.32. The second kappa shape index (κ2) is 11.5. The molecular weight excluding hydrogens is 444 g/mol. The van der Waals surface area contributed by atoms with Crippen LogP contribution in [0, 0.1) is 0 Å². The minimum absolute atomic E-state index is 0. The van der Waals surface area contributed by atoms with Gasteiger partial charge in [0, 0.05) is 31.6 Å². The van der Waals surface area contributed by atoms with Crippen LogP contribution in [0.4, 0.5) is 5.13 Å². The van der Waals surface area contributed by atoms with Crippen LogP contribution in [-0.2, 0) is 11.3 Å². The molecule has 2 heterocycles. The van der Waals surface area contributed by atoms with Crippen molar-refractivity contribution in [3.8, 4) is 5.75 Å². The molecule has 4 aromatic rings. The van der Waals surface area contributed by atoms with Gasteiger partial charge >= 0.3 is 0 Å². The Morgan fingerprint density at radius 3 is 2.81 bits per heavy atom. The van der Waals surface area contributed by atoms with E-state index in [1.54, 1.807) is 23.5 Å². The van der Waals surface area contributed by atoms with Crippen molar-refractivity contribution in [1.82, 2.24) is 14.5 Å². The average Bonchev–Trinajstić information content (AvgIpc) is 3.45. The first kappa shape index (κ1) is 23.5. The van der Waals surface area contributed by atoms with Gasteiger partial charge in [-0.3, -0.25) is 9.69 Å². The molecule has 0 unspecified atom stereocenters. The van der Waals surface area contributed by atoms with Gasteiger partial charge in [-0.2, -0.15) is 0 Å². The number of thiazole rings is 1. The first-order valence-electron chi connectivity index (χ1n) is 10.3. The van der Waals surface area contributed by atoms with Gasteiger partial charge in [-0.05, 0) is 43.2 Å². The number of benzene rings is 2. The second-order valence-corrected chi connectivity index (χ2v) is 7.96. The number of nitrogens with zero attached hydrogens (tertiary/aromatic N) is 4. The number of aryl methyl sites for hydroxylation is 1. The third-order valence-electron chi connectivity index (χ3n) is 4.73. The first-order chi connectivity index (χ1) is 15.2. The lowest BCUT2D eigenvalue weighted by molar-refractivity contribution is -0.114. The third-order valence-corrected chi connectivity index (χ3v) is 5.77. The number of aromatic nitrogens is 3. The summed E-state index contributed by atoms with van der Waals surface area (Å²) in [5, 5.41) is 0.692. The largest absolute Gasteiger partial charge is 0.494 e. The summed E-state index contributed by atoms with van der Waals surface area (Å²) < 4.78 is 8.61. The van der Waals surface area contributed by atoms with Gasteiger partial charge in [0.05, 0.1) is 23.2 Å². The molecule has 0 aliphatic heterocycles. The first-order valence-corrected chi connectivity index (χ1v) is 11.1. The van der Waals surface area contributed by atoms with E-state index in [9.17, 15) is 4.79 Å². The van der Waals surface area contributed by atoms with Gasteiger partial charge in [0.2, 0.25) is 0 Å². The van der Waals surface area contributed by atoms with Crippen LogP contribution in [0.2, 0.25) is 0 Å². The van der Waals surface area contributed by atoms with E-state index in [2.05, 4.69) is 4.98 Å². The molecule has 0 N–H and O–H groups in total. The lowest BCUT2D eigenvalue weighted by Crippen LogP contribution is -2.30. The predicted octanol–water partition coefficient (Wildman–Crippen LogP) is 5.45. The summed E-state index contributed by atoms with van der Waals surface area (Å²) in [7, 11) is 0. The molecule has 0 spiro atoms. The van der Waals surface area contributed by atoms with E-state index >= 15 is 0 Å². The molecule has 6 nitrogen and oxygen atoms in total. The van der Waals surface area contributed by atoms with Crippen LogP contribution in [-0.4, -0.2) is 33.6 Å². The zero-order chi connectivity index (χ0) is 21.5. The number of imidazole rings is 1. The zero-order valence-corrected chi connectivity index (χ0v) is 19.4. The number of ether oxygens (including phenoxy) is 1. The van der Waals surface area contributed by atoms with Crippen LogP contribution in [0.15, 0.2) is 73.3 Å². The number of halogens is 1. The van der Waals surface area contributed by atoms with Crippen LogP contribution in [0.1, 0.15) is 18.9 Å². The van der Waals surface area contributed by atoms with Crippen LogP contribution in [0.3, 0.4) is 0 Å². The number of carbonyl (C=O) groups is 1. The number of carbonyl (C=O) groups excluding carboxylic acids is 1. The van der Waals surface area contributed by atoms with Gasteiger partial charge in [-0.25, -0.2) is 9.97 Å². The third kappa shape index (κ3) is 5.96. The van der Waals surface area contributed by atoms with Gasteiger partial charge in [-0.1, -0.05) is 41.7 Å². The van der Waals surface area contributed by atoms with Crippen molar-refractivity contribution < 1.29 is 9.53 Å². The quantitative estimate of drug-likeness (QED) is 0.306. The summed E-state index contributed by atoms with van der Waals surface area (Å²) in [6.45, 7) is 3.92. The monoisotopic (exact) mass is 468 g/mol. The minimum Gasteiger partial charge on any atom is -0.494 e. The fraction of sp³-hybridized carbons (Fsp3) is 0.208. The SMILES string of the molecule is CCOc1ccc2nc(N(CCCn3ccnc3)C(=O)/C=C/c3ccccc3)sc2c1.Cl. The number of hydrogen-bond acceptors (Lipinski definition) is 5. The lowest BCUT2D eigenvalue weighted by Gasteiger charge is -2.18. The summed E-state index contributed by atoms with van der Waals surface area (Å²) in [5.41, 5.74) is 1.85. The molecule has 0 saturated carbocycles. The van der Waals surface area contributed by atoms with E-state index in [4.69, 9.17) is 9.72 Å². The van der Waals surface area contributed by atoms with E-state index in [-0.39, 0.29) is 18.3 Å². The summed E-state index contributed by atoms with van der Waals surface area (Å²) >= 11 is 1.50. The van der Waals surface area contributed by atoms with E-state index in [1.165, 1.54) is 11.3 Å². The molecule has 8 heteroatoms. The molecule has 1 amide bonds. The molecule has 166 valence electrons. The van der Waals surface area contributed by atoms with Crippen molar-refractivity contribution in [2.24, 2.45) is 0 Å². The highest BCUT2D eigenvalue weighted by Gasteiger charge is 2.18. The Bertz CT molecular complexity index is 1160. The van der Waals surface area contributed by atoms with Gasteiger partial charge < -0.3 is 9.30 Å². The second-order valence-electron chi connectivity index (χ2n) is 6.95. The van der Waals surface area contributed by atoms with Crippen LogP contribution < -0.4 is 9.64 Å². The average molecular weight is 469 g/mol. The summed E-state index contributed by atoms with van der Waals surface area (Å²) in [6, 6.07) is 15.6. The maximum Gasteiger partial charge on any atom is 0.252 e. The van der Waals surface area contributed by atoms with Crippen LogP contribution in [0.25, 0.3) is 16.3 Å². The Morgan fingerprint density at radius 1 is 1.22 bits per heavy atom. The number of rotatable bonds is 9. The van der Waals surface area contributed by atoms with Crippen molar-refractivity contribution >= 4 is 51.1 Å². The molecule has 0 aliphatic carbocycles. The molecule has 0 aliphatic rings. The van der Waals surface area contributed by atoms with Crippen molar-refractivity contribution in [2.75, 3.05) is 18.1 Å². The van der Waals surface area contributed by atoms with Crippen LogP contribution in [0.5, 0.6) is 5.75 Å². The summed E-state index contributed by atoms with van der Waals surface area (Å²) in [5.74, 6) is 0.728. The molecule has 0 radical (unpaired) electrons. The molecule has 4 rings (SSSR count). The number of hydrogen-bond donors (Lipinski definition) is 0. The fourth-order valence-corrected chi connectivity index (χ4v) is 4.24. The Balaban J connectivity index is 0.00000289. The summed E-state index contributed by atoms with van der Waals surface area (Å²) in [4.78, 5) is 23.7. The Labute approximate surface area is 197 Å². The Hall–Kier alpha value is -3.16. The standard InChI is InChI=1S/C24H24N4O2S.ClH/c1-2-30-20-10-11-21-22(17-20)31-24(26-21)28(15-6-14-27-16-13-25-18-27)23(29)12-9-19-7-4-3-5-8-19;/h3-5,7-13,16-18H,2,6,14-15H2,1H3;1H/b12-9+;. The Morgan fingerprint density at radius 2 is 2.06 bits per heavy atom. The topological polar surface area (TPSA) is 60.2 Å². The molecule has 0 saturated heterocycles. The maximum absolute atomic E-state index is 13.1. The van der Waals surface area contributed by atoms with E-state index in [0.29, 0.717) is 18.3 Å². The van der Waals surface area contributed by atoms with Crippen molar-refractivity contribution in [3.63, 3.8) is 0 Å². The van der Waals surface area contributed by atoms with Crippen molar-refractivity contribution in [1.29, 1.82) is 0 Å². The smallest absolute Gasteiger partial charge is 0.252 e. The highest BCUT2D eigenvalue weighted by atomic mass is 35.5. The molecular formula is C24H25ClN4O2S. The van der Waals surface area contributed by atoms with E-state index < -0.39 is 0 Å². The van der Waals surface area contributed by atoms with Gasteiger partial charge in [0.1, 0.15) is 5.75 Å². The minimum atomic E-state index is -0.0847. The Kier molecular flexibility index (Phi) is 8.41. The number of amides is 1. The van der Waals surface area contributed by atoms with Gasteiger partial charge in [-0.15, -0.1) is 12.4 Å². The molecule has 0 fully saturated rings. The van der Waals surface area contributed by atoms with E-state index in [1.807, 2.05) is 72.3 Å². The maximum atomic E-state index is 13.1. The van der Waals surface area contributed by atoms with Gasteiger partial charge in [0.15, 0.2) is 5.13 Å². The highest BCUT2D eigenvalue weighted by molar-refractivity contribution is 7.22. The van der Waals surface area contributed by atoms with Gasteiger partial charge in [0.25, 0.3) is 5.91 Å². The zero-order valence-electron chi connectivity index (χ0n) is 17.8. The fourth-order valence-electron chi connectivity index (χ4n) is 3.22. The molecule has 32 heavy (non-hydrogen) atoms. The normalized spacial score (nSPS) is 10.9. The number of anilines is 1. The van der Waals surface area contributed by atoms with E-state index in [0.717, 1.165) is 34.5 Å². The molecule has 2 aromatic heterocycles. The van der Waals surface area contributed by atoms with Crippen molar-refractivity contribution in [3.05, 3.63) is 78.9 Å².